The number of nitrogens with one attached hydrogen (secondary N) is 1. The van der Waals surface area contributed by atoms with Gasteiger partial charge >= 0.3 is 0 Å². The van der Waals surface area contributed by atoms with Crippen molar-refractivity contribution in [3.63, 3.8) is 0 Å². The Kier molecular flexibility index (Phi) is 6.93. The minimum absolute atomic E-state index is 0.0291. The molecular formula is C17H33NO3. The van der Waals surface area contributed by atoms with Crippen molar-refractivity contribution in [1.82, 2.24) is 5.32 Å². The highest BCUT2D eigenvalue weighted by Gasteiger charge is 2.44. The number of hydrogen-bond acceptors (Lipinski definition) is 4. The molecule has 0 bridgehead atoms. The Morgan fingerprint density at radius 3 is 2.57 bits per heavy atom. The van der Waals surface area contributed by atoms with Gasteiger partial charge in [-0.05, 0) is 43.9 Å². The van der Waals surface area contributed by atoms with E-state index >= 15 is 0 Å². The summed E-state index contributed by atoms with van der Waals surface area (Å²) >= 11 is 0. The maximum absolute atomic E-state index is 9.86. The predicted octanol–water partition coefficient (Wildman–Crippen LogP) is 2.35. The molecule has 4 heteroatoms. The van der Waals surface area contributed by atoms with Crippen molar-refractivity contribution in [3.05, 3.63) is 0 Å². The van der Waals surface area contributed by atoms with Gasteiger partial charge in [0.2, 0.25) is 0 Å². The van der Waals surface area contributed by atoms with Crippen LogP contribution in [0.3, 0.4) is 0 Å². The second-order valence-corrected chi connectivity index (χ2v) is 7.19. The summed E-state index contributed by atoms with van der Waals surface area (Å²) in [6, 6.07) is 0.656. The van der Waals surface area contributed by atoms with Crippen LogP contribution in [0, 0.1) is 11.8 Å². The predicted molar refractivity (Wildman–Crippen MR) is 84.4 cm³/mol. The SMILES string of the molecule is CC(C)COCCOCCC1CCCC1(CO)NC1CC1. The summed E-state index contributed by atoms with van der Waals surface area (Å²) in [6.45, 7) is 7.54. The molecular weight excluding hydrogens is 266 g/mol. The third-order valence-corrected chi connectivity index (χ3v) is 4.74. The summed E-state index contributed by atoms with van der Waals surface area (Å²) in [7, 11) is 0. The van der Waals surface area contributed by atoms with Crippen molar-refractivity contribution in [1.29, 1.82) is 0 Å². The second kappa shape index (κ2) is 8.47. The smallest absolute Gasteiger partial charge is 0.0700 e. The molecule has 0 amide bonds. The van der Waals surface area contributed by atoms with Crippen LogP contribution in [0.1, 0.15) is 52.4 Å². The van der Waals surface area contributed by atoms with E-state index in [1.807, 2.05) is 0 Å². The number of aliphatic hydroxyl groups is 1. The Morgan fingerprint density at radius 1 is 1.14 bits per heavy atom. The van der Waals surface area contributed by atoms with Crippen LogP contribution in [0.2, 0.25) is 0 Å². The van der Waals surface area contributed by atoms with Gasteiger partial charge in [0.25, 0.3) is 0 Å². The van der Waals surface area contributed by atoms with E-state index in [9.17, 15) is 5.11 Å². The Balaban J connectivity index is 1.60. The quantitative estimate of drug-likeness (QED) is 0.575. The zero-order chi connectivity index (χ0) is 15.1. The number of hydrogen-bond donors (Lipinski definition) is 2. The van der Waals surface area contributed by atoms with Gasteiger partial charge in [-0.1, -0.05) is 20.3 Å². The maximum Gasteiger partial charge on any atom is 0.0700 e. The molecule has 2 atom stereocenters. The molecule has 0 heterocycles. The lowest BCUT2D eigenvalue weighted by Crippen LogP contribution is -2.52. The van der Waals surface area contributed by atoms with Gasteiger partial charge in [-0.3, -0.25) is 0 Å². The first-order valence-electron chi connectivity index (χ1n) is 8.70. The van der Waals surface area contributed by atoms with Crippen molar-refractivity contribution in [2.45, 2.75) is 64.0 Å². The van der Waals surface area contributed by atoms with Crippen LogP contribution in [-0.2, 0) is 9.47 Å². The summed E-state index contributed by atoms with van der Waals surface area (Å²) in [5.41, 5.74) is -0.0291. The lowest BCUT2D eigenvalue weighted by atomic mass is 9.85. The first kappa shape index (κ1) is 17.2. The van der Waals surface area contributed by atoms with Gasteiger partial charge in [0.1, 0.15) is 0 Å². The molecule has 0 aromatic carbocycles. The van der Waals surface area contributed by atoms with Gasteiger partial charge in [0.05, 0.1) is 19.8 Å². The van der Waals surface area contributed by atoms with Crippen LogP contribution in [0.4, 0.5) is 0 Å². The standard InChI is InChI=1S/C17H33NO3/c1-14(2)12-21-11-10-20-9-7-15-4-3-8-17(15,13-19)18-16-5-6-16/h14-16,18-19H,3-13H2,1-2H3. The largest absolute Gasteiger partial charge is 0.394 e. The molecule has 2 aliphatic rings. The van der Waals surface area contributed by atoms with Gasteiger partial charge in [-0.25, -0.2) is 0 Å². The van der Waals surface area contributed by atoms with E-state index in [1.165, 1.54) is 25.7 Å². The van der Waals surface area contributed by atoms with Crippen molar-refractivity contribution >= 4 is 0 Å². The Labute approximate surface area is 129 Å². The molecule has 4 nitrogen and oxygen atoms in total. The molecule has 124 valence electrons. The zero-order valence-electron chi connectivity index (χ0n) is 13.8. The third kappa shape index (κ3) is 5.51. The summed E-state index contributed by atoms with van der Waals surface area (Å²) < 4.78 is 11.2. The average molecular weight is 299 g/mol. The van der Waals surface area contributed by atoms with E-state index in [0.29, 0.717) is 31.1 Å². The van der Waals surface area contributed by atoms with E-state index in [1.54, 1.807) is 0 Å². The van der Waals surface area contributed by atoms with E-state index in [4.69, 9.17) is 9.47 Å². The minimum atomic E-state index is -0.0291. The fourth-order valence-corrected chi connectivity index (χ4v) is 3.41. The van der Waals surface area contributed by atoms with E-state index < -0.39 is 0 Å². The molecule has 2 unspecified atom stereocenters. The Hall–Kier alpha value is -0.160. The summed E-state index contributed by atoms with van der Waals surface area (Å²) in [5.74, 6) is 1.14. The molecule has 2 N–H and O–H groups in total. The van der Waals surface area contributed by atoms with Crippen molar-refractivity contribution in [2.24, 2.45) is 11.8 Å². The molecule has 0 aromatic rings. The van der Waals surface area contributed by atoms with Crippen LogP contribution >= 0.6 is 0 Å². The van der Waals surface area contributed by atoms with Gasteiger partial charge in [0.15, 0.2) is 0 Å². The van der Waals surface area contributed by atoms with Gasteiger partial charge < -0.3 is 19.9 Å². The molecule has 2 saturated carbocycles. The van der Waals surface area contributed by atoms with Gasteiger partial charge in [0, 0.05) is 24.8 Å². The highest BCUT2D eigenvalue weighted by atomic mass is 16.5. The van der Waals surface area contributed by atoms with Crippen LogP contribution in [-0.4, -0.2) is 49.7 Å². The normalized spacial score (nSPS) is 29.4. The lowest BCUT2D eigenvalue weighted by Gasteiger charge is -2.35. The van der Waals surface area contributed by atoms with E-state index in [2.05, 4.69) is 19.2 Å². The molecule has 0 saturated heterocycles. The van der Waals surface area contributed by atoms with E-state index in [0.717, 1.165) is 26.1 Å². The van der Waals surface area contributed by atoms with Crippen LogP contribution in [0.25, 0.3) is 0 Å². The fraction of sp³-hybridized carbons (Fsp3) is 1.00. The summed E-state index contributed by atoms with van der Waals surface area (Å²) in [4.78, 5) is 0. The maximum atomic E-state index is 9.86. The number of rotatable bonds is 11. The molecule has 0 aliphatic heterocycles. The molecule has 2 fully saturated rings. The highest BCUT2D eigenvalue weighted by Crippen LogP contribution is 2.40. The second-order valence-electron chi connectivity index (χ2n) is 7.19. The summed E-state index contributed by atoms with van der Waals surface area (Å²) in [5, 5.41) is 13.6. The molecule has 0 spiro atoms. The molecule has 0 radical (unpaired) electrons. The molecule has 2 rings (SSSR count). The Morgan fingerprint density at radius 2 is 1.90 bits per heavy atom. The van der Waals surface area contributed by atoms with Crippen molar-refractivity contribution in [3.8, 4) is 0 Å². The van der Waals surface area contributed by atoms with Crippen molar-refractivity contribution in [2.75, 3.05) is 33.0 Å². The third-order valence-electron chi connectivity index (χ3n) is 4.74. The topological polar surface area (TPSA) is 50.7 Å². The Bertz CT molecular complexity index is 294. The van der Waals surface area contributed by atoms with Crippen LogP contribution in [0.5, 0.6) is 0 Å². The fourth-order valence-electron chi connectivity index (χ4n) is 3.41. The van der Waals surface area contributed by atoms with Crippen molar-refractivity contribution < 1.29 is 14.6 Å². The van der Waals surface area contributed by atoms with E-state index in [-0.39, 0.29) is 12.1 Å². The number of ether oxygens (including phenoxy) is 2. The molecule has 0 aromatic heterocycles. The summed E-state index contributed by atoms with van der Waals surface area (Å²) in [6.07, 6.45) is 7.15. The van der Waals surface area contributed by atoms with Gasteiger partial charge in [-0.15, -0.1) is 0 Å². The molecule has 21 heavy (non-hydrogen) atoms. The zero-order valence-corrected chi connectivity index (χ0v) is 13.8. The van der Waals surface area contributed by atoms with Crippen LogP contribution < -0.4 is 5.32 Å². The first-order chi connectivity index (χ1) is 10.2. The average Bonchev–Trinajstić information content (AvgIpc) is 3.18. The lowest BCUT2D eigenvalue weighted by molar-refractivity contribution is 0.0266. The monoisotopic (exact) mass is 299 g/mol. The van der Waals surface area contributed by atoms with Crippen LogP contribution in [0.15, 0.2) is 0 Å². The minimum Gasteiger partial charge on any atom is -0.394 e. The molecule has 2 aliphatic carbocycles. The highest BCUT2D eigenvalue weighted by molar-refractivity contribution is 5.02. The van der Waals surface area contributed by atoms with Gasteiger partial charge in [-0.2, -0.15) is 0 Å². The number of aliphatic hydroxyl groups excluding tert-OH is 1. The first-order valence-corrected chi connectivity index (χ1v) is 8.70.